The lowest BCUT2D eigenvalue weighted by atomic mass is 9.84. The predicted octanol–water partition coefficient (Wildman–Crippen LogP) is 4.16. The fourth-order valence-electron chi connectivity index (χ4n) is 5.56. The summed E-state index contributed by atoms with van der Waals surface area (Å²) in [5.41, 5.74) is 1.68. The molecule has 1 amide bonds. The molecule has 6 heteroatoms. The molecular formula is C22H32N2O3S. The number of thiophene rings is 1. The first-order valence-electron chi connectivity index (χ1n) is 10.9. The Morgan fingerprint density at radius 1 is 1.21 bits per heavy atom. The van der Waals surface area contributed by atoms with Crippen molar-refractivity contribution in [3.8, 4) is 0 Å². The molecule has 0 aliphatic heterocycles. The standard InChI is InChI=1S/C22H32N2O3S/c1-3-27-22(26)20-16-6-4-5-7-18(16)28-21(20)24-19(25)12-23-13(2)17-11-14-8-9-15(17)10-14/h13-15,17,23H,3-12H2,1-2H3,(H,24,25)/t13-,14-,15-,17+/m0/s1. The van der Waals surface area contributed by atoms with Crippen molar-refractivity contribution in [2.45, 2.75) is 71.3 Å². The maximum Gasteiger partial charge on any atom is 0.341 e. The largest absolute Gasteiger partial charge is 0.462 e. The number of ether oxygens (including phenoxy) is 1. The molecule has 1 aromatic heterocycles. The van der Waals surface area contributed by atoms with Crippen molar-refractivity contribution in [1.29, 1.82) is 0 Å². The molecule has 0 spiro atoms. The van der Waals surface area contributed by atoms with Gasteiger partial charge in [-0.25, -0.2) is 4.79 Å². The summed E-state index contributed by atoms with van der Waals surface area (Å²) in [4.78, 5) is 26.4. The molecule has 1 aromatic rings. The van der Waals surface area contributed by atoms with Crippen LogP contribution in [0.2, 0.25) is 0 Å². The number of hydrogen-bond donors (Lipinski definition) is 2. The molecule has 2 saturated carbocycles. The first kappa shape index (κ1) is 19.9. The number of nitrogens with one attached hydrogen (secondary N) is 2. The van der Waals surface area contributed by atoms with Crippen LogP contribution in [0.15, 0.2) is 0 Å². The topological polar surface area (TPSA) is 67.4 Å². The molecule has 0 unspecified atom stereocenters. The summed E-state index contributed by atoms with van der Waals surface area (Å²) in [7, 11) is 0. The van der Waals surface area contributed by atoms with Crippen LogP contribution in [0.5, 0.6) is 0 Å². The number of esters is 1. The first-order chi connectivity index (χ1) is 13.6. The monoisotopic (exact) mass is 404 g/mol. The van der Waals surface area contributed by atoms with Crippen LogP contribution in [0.3, 0.4) is 0 Å². The summed E-state index contributed by atoms with van der Waals surface area (Å²) < 4.78 is 5.27. The minimum absolute atomic E-state index is 0.0702. The molecule has 2 bridgehead atoms. The summed E-state index contributed by atoms with van der Waals surface area (Å²) in [6.07, 6.45) is 9.57. The molecule has 3 aliphatic carbocycles. The van der Waals surface area contributed by atoms with Gasteiger partial charge in [-0.05, 0) is 82.1 Å². The van der Waals surface area contributed by atoms with Crippen molar-refractivity contribution in [2.24, 2.45) is 17.8 Å². The van der Waals surface area contributed by atoms with E-state index in [0.29, 0.717) is 35.7 Å². The number of fused-ring (bicyclic) bond motifs is 3. The fraction of sp³-hybridized carbons (Fsp3) is 0.727. The lowest BCUT2D eigenvalue weighted by Crippen LogP contribution is -2.40. The molecule has 0 saturated heterocycles. The smallest absolute Gasteiger partial charge is 0.341 e. The third-order valence-corrected chi connectivity index (χ3v) is 8.13. The summed E-state index contributed by atoms with van der Waals surface area (Å²) >= 11 is 1.55. The maximum absolute atomic E-state index is 12.6. The number of carbonyl (C=O) groups is 2. The van der Waals surface area contributed by atoms with E-state index in [4.69, 9.17) is 4.74 Å². The van der Waals surface area contributed by atoms with Crippen molar-refractivity contribution in [3.05, 3.63) is 16.0 Å². The molecule has 3 aliphatic rings. The number of hydrogen-bond acceptors (Lipinski definition) is 5. The highest BCUT2D eigenvalue weighted by Crippen LogP contribution is 2.49. The van der Waals surface area contributed by atoms with Crippen molar-refractivity contribution in [3.63, 3.8) is 0 Å². The van der Waals surface area contributed by atoms with E-state index in [-0.39, 0.29) is 11.9 Å². The second kappa shape index (κ2) is 8.54. The molecular weight excluding hydrogens is 372 g/mol. The molecule has 4 atom stereocenters. The minimum Gasteiger partial charge on any atom is -0.462 e. The summed E-state index contributed by atoms with van der Waals surface area (Å²) in [5, 5.41) is 7.12. The van der Waals surface area contributed by atoms with Crippen LogP contribution in [0.25, 0.3) is 0 Å². The second-order valence-corrected chi connectivity index (χ2v) is 9.80. The van der Waals surface area contributed by atoms with Crippen LogP contribution in [0.1, 0.15) is 73.2 Å². The van der Waals surface area contributed by atoms with Gasteiger partial charge in [0.15, 0.2) is 0 Å². The zero-order valence-electron chi connectivity index (χ0n) is 17.0. The van der Waals surface area contributed by atoms with E-state index in [1.54, 1.807) is 11.3 Å². The molecule has 0 aromatic carbocycles. The lowest BCUT2D eigenvalue weighted by molar-refractivity contribution is -0.115. The molecule has 1 heterocycles. The third-order valence-electron chi connectivity index (χ3n) is 6.92. The van der Waals surface area contributed by atoms with Crippen LogP contribution < -0.4 is 10.6 Å². The normalized spacial score (nSPS) is 26.7. The number of rotatable bonds is 7. The van der Waals surface area contributed by atoms with Gasteiger partial charge in [0.05, 0.1) is 18.7 Å². The van der Waals surface area contributed by atoms with Gasteiger partial charge in [0, 0.05) is 10.9 Å². The van der Waals surface area contributed by atoms with Gasteiger partial charge in [-0.15, -0.1) is 11.3 Å². The Hall–Kier alpha value is -1.40. The highest BCUT2D eigenvalue weighted by Gasteiger charge is 2.41. The molecule has 0 radical (unpaired) electrons. The molecule has 4 rings (SSSR count). The van der Waals surface area contributed by atoms with Gasteiger partial charge in [0.25, 0.3) is 0 Å². The SMILES string of the molecule is CCOC(=O)c1c(NC(=O)CN[C@@H](C)[C@H]2C[C@H]3CC[C@H]2C3)sc2c1CCCC2. The van der Waals surface area contributed by atoms with Gasteiger partial charge in [-0.2, -0.15) is 0 Å². The van der Waals surface area contributed by atoms with Crippen molar-refractivity contribution in [2.75, 3.05) is 18.5 Å². The third kappa shape index (κ3) is 3.99. The van der Waals surface area contributed by atoms with E-state index in [0.717, 1.165) is 43.1 Å². The zero-order chi connectivity index (χ0) is 19.7. The van der Waals surface area contributed by atoms with Crippen molar-refractivity contribution < 1.29 is 14.3 Å². The lowest BCUT2D eigenvalue weighted by Gasteiger charge is -2.28. The van der Waals surface area contributed by atoms with Gasteiger partial charge in [0.2, 0.25) is 5.91 Å². The molecule has 2 N–H and O–H groups in total. The van der Waals surface area contributed by atoms with Crippen LogP contribution in [-0.2, 0) is 22.4 Å². The molecule has 28 heavy (non-hydrogen) atoms. The Labute approximate surface area is 171 Å². The van der Waals surface area contributed by atoms with Crippen molar-refractivity contribution >= 4 is 28.2 Å². The highest BCUT2D eigenvalue weighted by atomic mass is 32.1. The number of carbonyl (C=O) groups excluding carboxylic acids is 2. The Morgan fingerprint density at radius 3 is 2.75 bits per heavy atom. The van der Waals surface area contributed by atoms with Crippen LogP contribution in [0, 0.1) is 17.8 Å². The van der Waals surface area contributed by atoms with Crippen LogP contribution >= 0.6 is 11.3 Å². The second-order valence-electron chi connectivity index (χ2n) is 8.69. The summed E-state index contributed by atoms with van der Waals surface area (Å²) in [5.74, 6) is 2.09. The molecule has 2 fully saturated rings. The highest BCUT2D eigenvalue weighted by molar-refractivity contribution is 7.17. The molecule has 154 valence electrons. The van der Waals surface area contributed by atoms with Gasteiger partial charge < -0.3 is 15.4 Å². The van der Waals surface area contributed by atoms with Crippen molar-refractivity contribution in [1.82, 2.24) is 5.32 Å². The maximum atomic E-state index is 12.6. The van der Waals surface area contributed by atoms with E-state index in [1.807, 2.05) is 6.92 Å². The predicted molar refractivity (Wildman–Crippen MR) is 112 cm³/mol. The number of aryl methyl sites for hydroxylation is 1. The van der Waals surface area contributed by atoms with Crippen LogP contribution in [0.4, 0.5) is 5.00 Å². The minimum atomic E-state index is -0.305. The molecule has 5 nitrogen and oxygen atoms in total. The quantitative estimate of drug-likeness (QED) is 0.670. The Kier molecular flexibility index (Phi) is 6.07. The zero-order valence-corrected chi connectivity index (χ0v) is 17.8. The van der Waals surface area contributed by atoms with Gasteiger partial charge in [-0.3, -0.25) is 4.79 Å². The van der Waals surface area contributed by atoms with Gasteiger partial charge >= 0.3 is 5.97 Å². The van der Waals surface area contributed by atoms with E-state index >= 15 is 0 Å². The Bertz CT molecular complexity index is 744. The number of anilines is 1. The average Bonchev–Trinajstić information content (AvgIpc) is 3.39. The summed E-state index contributed by atoms with van der Waals surface area (Å²) in [6, 6.07) is 0.363. The number of amides is 1. The van der Waals surface area contributed by atoms with Gasteiger partial charge in [-0.1, -0.05) is 6.42 Å². The van der Waals surface area contributed by atoms with E-state index < -0.39 is 0 Å². The summed E-state index contributed by atoms with van der Waals surface area (Å²) in [6.45, 7) is 4.67. The van der Waals surface area contributed by atoms with E-state index in [1.165, 1.54) is 30.6 Å². The Balaban J connectivity index is 1.38. The average molecular weight is 405 g/mol. The Morgan fingerprint density at radius 2 is 2.04 bits per heavy atom. The first-order valence-corrected chi connectivity index (χ1v) is 11.7. The van der Waals surface area contributed by atoms with E-state index in [9.17, 15) is 9.59 Å². The van der Waals surface area contributed by atoms with Gasteiger partial charge in [0.1, 0.15) is 5.00 Å². The van der Waals surface area contributed by atoms with Crippen LogP contribution in [-0.4, -0.2) is 31.1 Å². The fourth-order valence-corrected chi connectivity index (χ4v) is 6.85. The van der Waals surface area contributed by atoms with E-state index in [2.05, 4.69) is 17.6 Å².